The van der Waals surface area contributed by atoms with Crippen LogP contribution in [0.4, 0.5) is 0 Å². The van der Waals surface area contributed by atoms with E-state index in [0.717, 1.165) is 5.56 Å². The van der Waals surface area contributed by atoms with Crippen molar-refractivity contribution in [3.63, 3.8) is 0 Å². The molecule has 0 spiro atoms. The molecule has 0 heteroatoms. The van der Waals surface area contributed by atoms with E-state index >= 15 is 0 Å². The first-order valence-corrected chi connectivity index (χ1v) is 2.77. The van der Waals surface area contributed by atoms with Crippen molar-refractivity contribution >= 4 is 0 Å². The van der Waals surface area contributed by atoms with E-state index in [4.69, 9.17) is 2.74 Å². The summed E-state index contributed by atoms with van der Waals surface area (Å²) in [6, 6.07) is 5.66. The van der Waals surface area contributed by atoms with Crippen molar-refractivity contribution < 1.29 is 2.74 Å². The first-order chi connectivity index (χ1) is 5.25. The van der Waals surface area contributed by atoms with Crippen molar-refractivity contribution in [2.75, 3.05) is 0 Å². The van der Waals surface area contributed by atoms with E-state index < -0.39 is 0 Å². The Labute approximate surface area is 58.6 Å². The molecule has 0 amide bonds. The van der Waals surface area contributed by atoms with Gasteiger partial charge < -0.3 is 0 Å². The summed E-state index contributed by atoms with van der Waals surface area (Å²) in [6.45, 7) is 3.53. The minimum absolute atomic E-state index is 0.251. The van der Waals surface area contributed by atoms with Crippen molar-refractivity contribution in [3.05, 3.63) is 54.9 Å². The first kappa shape index (κ1) is 3.89. The molecule has 1 aromatic carbocycles. The molecule has 0 bridgehead atoms. The second kappa shape index (κ2) is 3.08. The average Bonchev–Trinajstić information content (AvgIpc) is 1.99. The van der Waals surface area contributed by atoms with Gasteiger partial charge in [-0.25, -0.2) is 0 Å². The highest BCUT2D eigenvalue weighted by Crippen LogP contribution is 2.00. The second-order valence-electron chi connectivity index (χ2n) is 1.65. The Hall–Kier alpha value is -1.04. The molecule has 45 valence electrons. The van der Waals surface area contributed by atoms with Crippen LogP contribution in [0.1, 0.15) is 8.30 Å². The second-order valence-corrected chi connectivity index (χ2v) is 1.65. The molecule has 0 fully saturated rings. The third-order valence-electron chi connectivity index (χ3n) is 0.969. The van der Waals surface area contributed by atoms with E-state index in [9.17, 15) is 0 Å². The minimum atomic E-state index is 0.251. The Morgan fingerprint density at radius 1 is 1.56 bits per heavy atom. The highest BCUT2D eigenvalue weighted by molar-refractivity contribution is 5.26. The van der Waals surface area contributed by atoms with E-state index in [1.807, 2.05) is 0 Å². The monoisotopic (exact) mass is 119 g/mol. The Bertz CT molecular complexity index is 266. The van der Waals surface area contributed by atoms with Crippen LogP contribution in [-0.2, 0) is 0 Å². The van der Waals surface area contributed by atoms with Gasteiger partial charge in [-0.1, -0.05) is 36.4 Å². The molecule has 0 unspecified atom stereocenters. The van der Waals surface area contributed by atoms with Crippen LogP contribution in [0, 0.1) is 6.42 Å². The molecule has 0 atom stereocenters. The van der Waals surface area contributed by atoms with Crippen molar-refractivity contribution in [2.24, 2.45) is 0 Å². The molecule has 0 nitrogen and oxygen atoms in total. The fourth-order valence-corrected chi connectivity index (χ4v) is 0.591. The summed E-state index contributed by atoms with van der Waals surface area (Å²) in [5.74, 6) is 0. The van der Waals surface area contributed by atoms with Gasteiger partial charge >= 0.3 is 0 Å². The summed E-state index contributed by atoms with van der Waals surface area (Å²) in [6.07, 6.45) is 3.34. The largest absolute Gasteiger partial charge is 0.102 e. The first-order valence-electron chi connectivity index (χ1n) is 3.77. The van der Waals surface area contributed by atoms with Gasteiger partial charge in [0, 0.05) is 6.42 Å². The molecular weight excluding hydrogens is 108 g/mol. The predicted octanol–water partition coefficient (Wildman–Crippen LogP) is 2.42. The molecule has 0 aliphatic heterocycles. The average molecular weight is 119 g/mol. The van der Waals surface area contributed by atoms with Crippen LogP contribution < -0.4 is 0 Å². The molecule has 9 heavy (non-hydrogen) atoms. The molecule has 1 aromatic rings. The molecule has 0 saturated carbocycles. The highest BCUT2D eigenvalue weighted by atomic mass is 13.9. The summed E-state index contributed by atoms with van der Waals surface area (Å²) >= 11 is 0. The van der Waals surface area contributed by atoms with Gasteiger partial charge in [-0.3, -0.25) is 0 Å². The molecule has 1 rings (SSSR count). The molecule has 0 heterocycles. The maximum Gasteiger partial charge on any atom is 0.0626 e. The Morgan fingerprint density at radius 3 is 3.22 bits per heavy atom. The van der Waals surface area contributed by atoms with Crippen molar-refractivity contribution in [1.82, 2.24) is 0 Å². The molecule has 0 saturated heterocycles. The van der Waals surface area contributed by atoms with Crippen molar-refractivity contribution in [2.45, 2.75) is 0 Å². The number of allylic oxidation sites excluding steroid dienone is 1. The van der Waals surface area contributed by atoms with E-state index in [-0.39, 0.29) is 12.1 Å². The van der Waals surface area contributed by atoms with Gasteiger partial charge in [0.25, 0.3) is 0 Å². The lowest BCUT2D eigenvalue weighted by molar-refractivity contribution is 1.53. The Morgan fingerprint density at radius 2 is 2.44 bits per heavy atom. The molecule has 0 N–H and O–H groups in total. The fourth-order valence-electron chi connectivity index (χ4n) is 0.591. The van der Waals surface area contributed by atoms with Gasteiger partial charge in [0.15, 0.2) is 0 Å². The highest BCUT2D eigenvalue weighted by Gasteiger charge is 1.82. The molecule has 1 radical (unpaired) electrons. The number of hydrogen-bond acceptors (Lipinski definition) is 0. The normalized spacial score (nSPS) is 12.0. The lowest BCUT2D eigenvalue weighted by atomic mass is 10.2. The van der Waals surface area contributed by atoms with Gasteiger partial charge in [-0.15, -0.1) is 6.58 Å². The smallest absolute Gasteiger partial charge is 0.0626 e. The van der Waals surface area contributed by atoms with Gasteiger partial charge in [0.1, 0.15) is 0 Å². The van der Waals surface area contributed by atoms with Crippen LogP contribution >= 0.6 is 0 Å². The molecular formula is C9H9. The fraction of sp³-hybridized carbons (Fsp3) is 0. The van der Waals surface area contributed by atoms with Crippen molar-refractivity contribution in [3.8, 4) is 0 Å². The zero-order valence-corrected chi connectivity index (χ0v) is 5.09. The number of rotatable bonds is 2. The zero-order valence-electron chi connectivity index (χ0n) is 7.09. The summed E-state index contributed by atoms with van der Waals surface area (Å²) in [7, 11) is 0. The summed E-state index contributed by atoms with van der Waals surface area (Å²) < 4.78 is 14.7. The standard InChI is InChI=1S/C9H9/c1-2-6-9-7-4-3-5-8-9/h2-8H,1H2/i4D,7D. The predicted molar refractivity (Wildman–Crippen MR) is 40.0 cm³/mol. The molecule has 0 aliphatic carbocycles. The lowest BCUT2D eigenvalue weighted by Gasteiger charge is -1.90. The topological polar surface area (TPSA) is 0 Å². The van der Waals surface area contributed by atoms with Gasteiger partial charge in [0.05, 0.1) is 2.74 Å². The molecule has 0 aliphatic rings. The molecule has 0 aromatic heterocycles. The van der Waals surface area contributed by atoms with E-state index in [2.05, 4.69) is 6.58 Å². The summed E-state index contributed by atoms with van der Waals surface area (Å²) in [4.78, 5) is 0. The maximum absolute atomic E-state index is 7.43. The van der Waals surface area contributed by atoms with Gasteiger partial charge in [0.2, 0.25) is 0 Å². The van der Waals surface area contributed by atoms with Gasteiger partial charge in [-0.05, 0) is 5.56 Å². The van der Waals surface area contributed by atoms with Gasteiger partial charge in [-0.2, -0.15) is 0 Å². The number of hydrogen-bond donors (Lipinski definition) is 0. The minimum Gasteiger partial charge on any atom is -0.102 e. The van der Waals surface area contributed by atoms with E-state index in [0.29, 0.717) is 0 Å². The van der Waals surface area contributed by atoms with Crippen LogP contribution in [0.15, 0.2) is 42.9 Å². The number of benzene rings is 1. The third-order valence-corrected chi connectivity index (χ3v) is 0.969. The maximum atomic E-state index is 7.43. The van der Waals surface area contributed by atoms with Crippen LogP contribution in [0.25, 0.3) is 0 Å². The zero-order chi connectivity index (χ0) is 8.27. The Kier molecular flexibility index (Phi) is 1.33. The summed E-state index contributed by atoms with van der Waals surface area (Å²) in [5.41, 5.74) is 0.743. The lowest BCUT2D eigenvalue weighted by Crippen LogP contribution is -1.72. The van der Waals surface area contributed by atoms with Crippen LogP contribution in [0.2, 0.25) is 0 Å². The van der Waals surface area contributed by atoms with E-state index in [1.54, 1.807) is 30.7 Å². The van der Waals surface area contributed by atoms with E-state index in [1.165, 1.54) is 0 Å². The van der Waals surface area contributed by atoms with Crippen LogP contribution in [0.5, 0.6) is 0 Å². The SMILES string of the molecule is [2H]c1cccc([CH]C=C)c1[2H]. The van der Waals surface area contributed by atoms with Crippen molar-refractivity contribution in [1.29, 1.82) is 0 Å². The quantitative estimate of drug-likeness (QED) is 0.561. The van der Waals surface area contributed by atoms with Crippen LogP contribution in [-0.4, -0.2) is 0 Å². The van der Waals surface area contributed by atoms with Crippen LogP contribution in [0.3, 0.4) is 0 Å². The Balaban J connectivity index is 3.05. The third kappa shape index (κ3) is 1.73. The summed E-state index contributed by atoms with van der Waals surface area (Å²) in [5, 5.41) is 0.